The molecule has 1 heterocycles. The Balaban J connectivity index is 1.79. The van der Waals surface area contributed by atoms with Crippen LogP contribution in [0.4, 0.5) is 13.2 Å². The molecule has 1 amide bonds. The standard InChI is InChI=1S/C16H21F3N2O2/c17-16(18,19)14-5-2-1-4-13(14)15(23)20-8-3-9-21-10-6-12(22)7-11-21/h1-2,4-5,12,22H,3,6-11H2,(H,20,23). The maximum absolute atomic E-state index is 12.9. The molecule has 1 saturated heterocycles. The van der Waals surface area contributed by atoms with E-state index in [9.17, 15) is 23.1 Å². The highest BCUT2D eigenvalue weighted by Crippen LogP contribution is 2.31. The number of amides is 1. The van der Waals surface area contributed by atoms with Gasteiger partial charge in [-0.15, -0.1) is 0 Å². The fourth-order valence-corrected chi connectivity index (χ4v) is 2.67. The van der Waals surface area contributed by atoms with Gasteiger partial charge in [0.25, 0.3) is 5.91 Å². The van der Waals surface area contributed by atoms with Crippen molar-refractivity contribution in [1.29, 1.82) is 0 Å². The first-order valence-electron chi connectivity index (χ1n) is 7.73. The summed E-state index contributed by atoms with van der Waals surface area (Å²) in [6, 6.07) is 4.78. The number of halogens is 3. The van der Waals surface area contributed by atoms with Crippen LogP contribution in [0.5, 0.6) is 0 Å². The summed E-state index contributed by atoms with van der Waals surface area (Å²) < 4.78 is 38.6. The first kappa shape index (κ1) is 17.7. The number of hydrogen-bond acceptors (Lipinski definition) is 3. The molecule has 0 atom stereocenters. The Bertz CT molecular complexity index is 526. The molecule has 0 unspecified atom stereocenters. The molecule has 0 spiro atoms. The van der Waals surface area contributed by atoms with Crippen LogP contribution in [0.1, 0.15) is 35.2 Å². The third kappa shape index (κ3) is 5.21. The lowest BCUT2D eigenvalue weighted by atomic mass is 10.1. The van der Waals surface area contributed by atoms with Gasteiger partial charge in [-0.3, -0.25) is 4.79 Å². The van der Waals surface area contributed by atoms with Gasteiger partial charge in [0.1, 0.15) is 0 Å². The van der Waals surface area contributed by atoms with Crippen LogP contribution in [-0.2, 0) is 6.18 Å². The van der Waals surface area contributed by atoms with Crippen LogP contribution < -0.4 is 5.32 Å². The lowest BCUT2D eigenvalue weighted by Crippen LogP contribution is -2.37. The van der Waals surface area contributed by atoms with Crippen molar-refractivity contribution in [1.82, 2.24) is 10.2 Å². The number of piperidine rings is 1. The summed E-state index contributed by atoms with van der Waals surface area (Å²) in [7, 11) is 0. The van der Waals surface area contributed by atoms with Gasteiger partial charge in [0.15, 0.2) is 0 Å². The third-order valence-corrected chi connectivity index (χ3v) is 3.97. The third-order valence-electron chi connectivity index (χ3n) is 3.97. The summed E-state index contributed by atoms with van der Waals surface area (Å²) in [5.74, 6) is -0.702. The first-order chi connectivity index (χ1) is 10.9. The predicted octanol–water partition coefficient (Wildman–Crippen LogP) is 2.28. The van der Waals surface area contributed by atoms with E-state index in [0.717, 1.165) is 38.5 Å². The van der Waals surface area contributed by atoms with Crippen LogP contribution in [0.3, 0.4) is 0 Å². The molecule has 1 aliphatic rings. The Hall–Kier alpha value is -1.60. The summed E-state index contributed by atoms with van der Waals surface area (Å²) in [5.41, 5.74) is -1.26. The van der Waals surface area contributed by atoms with Crippen molar-refractivity contribution in [2.45, 2.75) is 31.5 Å². The number of carbonyl (C=O) groups is 1. The van der Waals surface area contributed by atoms with Crippen molar-refractivity contribution in [2.75, 3.05) is 26.2 Å². The van der Waals surface area contributed by atoms with Crippen molar-refractivity contribution in [2.24, 2.45) is 0 Å². The molecule has 0 radical (unpaired) electrons. The number of aliphatic hydroxyl groups is 1. The average Bonchev–Trinajstić information content (AvgIpc) is 2.52. The average molecular weight is 330 g/mol. The second-order valence-corrected chi connectivity index (χ2v) is 5.73. The number of rotatable bonds is 5. The van der Waals surface area contributed by atoms with Crippen molar-refractivity contribution in [3.8, 4) is 0 Å². The zero-order valence-electron chi connectivity index (χ0n) is 12.8. The molecule has 7 heteroatoms. The maximum atomic E-state index is 12.9. The largest absolute Gasteiger partial charge is 0.417 e. The van der Waals surface area contributed by atoms with E-state index in [1.807, 2.05) is 0 Å². The topological polar surface area (TPSA) is 52.6 Å². The van der Waals surface area contributed by atoms with Crippen molar-refractivity contribution in [3.63, 3.8) is 0 Å². The second-order valence-electron chi connectivity index (χ2n) is 5.73. The Morgan fingerprint density at radius 3 is 2.57 bits per heavy atom. The molecule has 2 N–H and O–H groups in total. The van der Waals surface area contributed by atoms with Gasteiger partial charge in [-0.25, -0.2) is 0 Å². The molecule has 0 saturated carbocycles. The van der Waals surface area contributed by atoms with Crippen LogP contribution in [0.15, 0.2) is 24.3 Å². The highest BCUT2D eigenvalue weighted by Gasteiger charge is 2.34. The summed E-state index contributed by atoms with van der Waals surface area (Å²) in [4.78, 5) is 14.1. The van der Waals surface area contributed by atoms with Gasteiger partial charge >= 0.3 is 6.18 Å². The van der Waals surface area contributed by atoms with Gasteiger partial charge in [0.2, 0.25) is 0 Å². The first-order valence-corrected chi connectivity index (χ1v) is 7.73. The Labute approximate surface area is 133 Å². The molecule has 0 bridgehead atoms. The Morgan fingerprint density at radius 2 is 1.91 bits per heavy atom. The molecule has 1 fully saturated rings. The van der Waals surface area contributed by atoms with Gasteiger partial charge in [0, 0.05) is 19.6 Å². The van der Waals surface area contributed by atoms with Gasteiger partial charge in [0.05, 0.1) is 17.2 Å². The fourth-order valence-electron chi connectivity index (χ4n) is 2.67. The SMILES string of the molecule is O=C(NCCCN1CCC(O)CC1)c1ccccc1C(F)(F)F. The number of nitrogens with one attached hydrogen (secondary N) is 1. The van der Waals surface area contributed by atoms with Crippen LogP contribution >= 0.6 is 0 Å². The number of hydrogen-bond donors (Lipinski definition) is 2. The van der Waals surface area contributed by atoms with E-state index in [1.165, 1.54) is 18.2 Å². The second kappa shape index (κ2) is 7.79. The highest BCUT2D eigenvalue weighted by molar-refractivity contribution is 5.95. The predicted molar refractivity (Wildman–Crippen MR) is 80.1 cm³/mol. The number of aliphatic hydroxyl groups excluding tert-OH is 1. The molecule has 0 aromatic heterocycles. The van der Waals surface area contributed by atoms with Crippen molar-refractivity contribution < 1.29 is 23.1 Å². The van der Waals surface area contributed by atoms with E-state index < -0.39 is 17.6 Å². The number of likely N-dealkylation sites (tertiary alicyclic amines) is 1. The lowest BCUT2D eigenvalue weighted by molar-refractivity contribution is -0.137. The van der Waals surface area contributed by atoms with E-state index in [2.05, 4.69) is 10.2 Å². The molecule has 4 nitrogen and oxygen atoms in total. The van der Waals surface area contributed by atoms with Crippen LogP contribution in [0.2, 0.25) is 0 Å². The lowest BCUT2D eigenvalue weighted by Gasteiger charge is -2.29. The molecule has 1 aromatic carbocycles. The van der Waals surface area contributed by atoms with Gasteiger partial charge in [-0.2, -0.15) is 13.2 Å². The Kier molecular flexibility index (Phi) is 6.01. The van der Waals surface area contributed by atoms with Crippen molar-refractivity contribution in [3.05, 3.63) is 35.4 Å². The number of alkyl halides is 3. The molecular weight excluding hydrogens is 309 g/mol. The Morgan fingerprint density at radius 1 is 1.26 bits per heavy atom. The van der Waals surface area contributed by atoms with Crippen molar-refractivity contribution >= 4 is 5.91 Å². The number of carbonyl (C=O) groups excluding carboxylic acids is 1. The number of nitrogens with zero attached hydrogens (tertiary/aromatic N) is 1. The zero-order chi connectivity index (χ0) is 16.9. The minimum atomic E-state index is -4.54. The summed E-state index contributed by atoms with van der Waals surface area (Å²) >= 11 is 0. The van der Waals surface area contributed by atoms with E-state index in [0.29, 0.717) is 13.0 Å². The van der Waals surface area contributed by atoms with Gasteiger partial charge in [-0.1, -0.05) is 12.1 Å². The summed E-state index contributed by atoms with van der Waals surface area (Å²) in [5, 5.41) is 12.0. The van der Waals surface area contributed by atoms with Gasteiger partial charge < -0.3 is 15.3 Å². The van der Waals surface area contributed by atoms with Crippen LogP contribution in [0, 0.1) is 0 Å². The van der Waals surface area contributed by atoms with Crippen LogP contribution in [-0.4, -0.2) is 48.2 Å². The molecule has 1 aromatic rings. The summed E-state index contributed by atoms with van der Waals surface area (Å²) in [6.07, 6.45) is -2.63. The quantitative estimate of drug-likeness (QED) is 0.815. The van der Waals surface area contributed by atoms with Gasteiger partial charge in [-0.05, 0) is 37.9 Å². The maximum Gasteiger partial charge on any atom is 0.417 e. The minimum absolute atomic E-state index is 0.232. The highest BCUT2D eigenvalue weighted by atomic mass is 19.4. The fraction of sp³-hybridized carbons (Fsp3) is 0.562. The van der Waals surface area contributed by atoms with E-state index in [1.54, 1.807) is 0 Å². The molecule has 1 aliphatic heterocycles. The molecule has 23 heavy (non-hydrogen) atoms. The number of benzene rings is 1. The monoisotopic (exact) mass is 330 g/mol. The van der Waals surface area contributed by atoms with E-state index in [4.69, 9.17) is 0 Å². The van der Waals surface area contributed by atoms with E-state index >= 15 is 0 Å². The van der Waals surface area contributed by atoms with E-state index in [-0.39, 0.29) is 11.7 Å². The normalized spacial score (nSPS) is 17.2. The van der Waals surface area contributed by atoms with Crippen LogP contribution in [0.25, 0.3) is 0 Å². The molecule has 128 valence electrons. The summed E-state index contributed by atoms with van der Waals surface area (Å²) in [6.45, 7) is 2.70. The minimum Gasteiger partial charge on any atom is -0.393 e. The molecule has 2 rings (SSSR count). The zero-order valence-corrected chi connectivity index (χ0v) is 12.8. The molecular formula is C16H21F3N2O2. The molecule has 0 aliphatic carbocycles. The smallest absolute Gasteiger partial charge is 0.393 e.